The molecular weight excluding hydrogens is 220 g/mol. The third-order valence-corrected chi connectivity index (χ3v) is 3.83. The SMILES string of the molecule is CC1CCC(C(C)C)C2(C1)OC(=O)CC(=O)O2. The molecule has 1 spiro atoms. The predicted molar refractivity (Wildman–Crippen MR) is 60.9 cm³/mol. The van der Waals surface area contributed by atoms with Crippen LogP contribution in [0.3, 0.4) is 0 Å². The summed E-state index contributed by atoms with van der Waals surface area (Å²) >= 11 is 0. The molecule has 0 aromatic rings. The molecule has 2 rings (SSSR count). The summed E-state index contributed by atoms with van der Waals surface area (Å²) in [6.45, 7) is 6.27. The number of carbonyl (C=O) groups excluding carboxylic acids is 2. The smallest absolute Gasteiger partial charge is 0.320 e. The van der Waals surface area contributed by atoms with Crippen molar-refractivity contribution in [2.75, 3.05) is 0 Å². The number of hydrogen-bond donors (Lipinski definition) is 0. The van der Waals surface area contributed by atoms with Crippen molar-refractivity contribution in [3.8, 4) is 0 Å². The third kappa shape index (κ3) is 2.31. The van der Waals surface area contributed by atoms with E-state index in [2.05, 4.69) is 20.8 Å². The largest absolute Gasteiger partial charge is 0.422 e. The molecule has 1 aliphatic carbocycles. The molecule has 1 aliphatic heterocycles. The van der Waals surface area contributed by atoms with Gasteiger partial charge in [0.2, 0.25) is 0 Å². The van der Waals surface area contributed by atoms with Gasteiger partial charge in [0.1, 0.15) is 6.42 Å². The summed E-state index contributed by atoms with van der Waals surface area (Å²) in [5, 5.41) is 0. The van der Waals surface area contributed by atoms with E-state index in [-0.39, 0.29) is 12.3 Å². The molecule has 1 heterocycles. The number of hydrogen-bond acceptors (Lipinski definition) is 4. The van der Waals surface area contributed by atoms with E-state index < -0.39 is 17.7 Å². The highest BCUT2D eigenvalue weighted by molar-refractivity contribution is 5.93. The van der Waals surface area contributed by atoms with Crippen molar-refractivity contribution in [2.45, 2.75) is 52.2 Å². The van der Waals surface area contributed by atoms with E-state index in [0.29, 0.717) is 18.3 Å². The highest BCUT2D eigenvalue weighted by atomic mass is 16.7. The molecule has 2 atom stereocenters. The molecule has 0 amide bonds. The van der Waals surface area contributed by atoms with E-state index in [1.807, 2.05) is 0 Å². The molecule has 0 aromatic carbocycles. The summed E-state index contributed by atoms with van der Waals surface area (Å²) in [5.74, 6) is -1.00. The average molecular weight is 240 g/mol. The lowest BCUT2D eigenvalue weighted by molar-refractivity contribution is -0.281. The standard InChI is InChI=1S/C13H20O4/c1-8(2)10-5-4-9(3)7-13(10)16-11(14)6-12(15)17-13/h8-10H,4-7H2,1-3H3. The van der Waals surface area contributed by atoms with E-state index >= 15 is 0 Å². The summed E-state index contributed by atoms with van der Waals surface area (Å²) in [6.07, 6.45) is 2.42. The topological polar surface area (TPSA) is 52.6 Å². The Morgan fingerprint density at radius 3 is 2.29 bits per heavy atom. The Kier molecular flexibility index (Phi) is 3.15. The Balaban J connectivity index is 2.28. The number of esters is 2. The zero-order valence-electron chi connectivity index (χ0n) is 10.7. The molecule has 2 aliphatic rings. The molecule has 1 saturated heterocycles. The molecule has 4 heteroatoms. The van der Waals surface area contributed by atoms with Gasteiger partial charge in [-0.15, -0.1) is 0 Å². The number of carbonyl (C=O) groups is 2. The van der Waals surface area contributed by atoms with Gasteiger partial charge in [0, 0.05) is 12.3 Å². The highest BCUT2D eigenvalue weighted by Gasteiger charge is 2.53. The Bertz CT molecular complexity index is 318. The van der Waals surface area contributed by atoms with Crippen LogP contribution in [-0.4, -0.2) is 17.7 Å². The molecule has 0 N–H and O–H groups in total. The van der Waals surface area contributed by atoms with Crippen molar-refractivity contribution in [3.63, 3.8) is 0 Å². The molecule has 0 bridgehead atoms. The first kappa shape index (κ1) is 12.4. The van der Waals surface area contributed by atoms with Gasteiger partial charge in [-0.05, 0) is 24.7 Å². The van der Waals surface area contributed by atoms with Gasteiger partial charge >= 0.3 is 11.9 Å². The molecule has 4 nitrogen and oxygen atoms in total. The first-order valence-corrected chi connectivity index (χ1v) is 6.36. The van der Waals surface area contributed by atoms with E-state index in [9.17, 15) is 9.59 Å². The third-order valence-electron chi connectivity index (χ3n) is 3.83. The molecule has 0 radical (unpaired) electrons. The van der Waals surface area contributed by atoms with Crippen molar-refractivity contribution in [1.82, 2.24) is 0 Å². The summed E-state index contributed by atoms with van der Waals surface area (Å²) in [6, 6.07) is 0. The van der Waals surface area contributed by atoms with E-state index in [0.717, 1.165) is 12.8 Å². The van der Waals surface area contributed by atoms with E-state index in [1.54, 1.807) is 0 Å². The summed E-state index contributed by atoms with van der Waals surface area (Å²) in [5.41, 5.74) is 0. The van der Waals surface area contributed by atoms with Crippen LogP contribution in [0.15, 0.2) is 0 Å². The summed E-state index contributed by atoms with van der Waals surface area (Å²) in [7, 11) is 0. The van der Waals surface area contributed by atoms with Crippen LogP contribution in [0.1, 0.15) is 46.5 Å². The van der Waals surface area contributed by atoms with Crippen LogP contribution in [-0.2, 0) is 19.1 Å². The zero-order chi connectivity index (χ0) is 12.6. The second kappa shape index (κ2) is 4.31. The monoisotopic (exact) mass is 240 g/mol. The minimum absolute atomic E-state index is 0.117. The fourth-order valence-corrected chi connectivity index (χ4v) is 3.10. The van der Waals surface area contributed by atoms with E-state index in [4.69, 9.17) is 9.47 Å². The van der Waals surface area contributed by atoms with Gasteiger partial charge in [0.15, 0.2) is 0 Å². The van der Waals surface area contributed by atoms with Gasteiger partial charge in [0.05, 0.1) is 0 Å². The highest BCUT2D eigenvalue weighted by Crippen LogP contribution is 2.45. The van der Waals surface area contributed by atoms with Crippen LogP contribution >= 0.6 is 0 Å². The lowest BCUT2D eigenvalue weighted by Gasteiger charge is -2.47. The molecular formula is C13H20O4. The molecule has 0 aromatic heterocycles. The van der Waals surface area contributed by atoms with Crippen LogP contribution in [0, 0.1) is 17.8 Å². The summed E-state index contributed by atoms with van der Waals surface area (Å²) < 4.78 is 10.9. The van der Waals surface area contributed by atoms with Gasteiger partial charge in [-0.3, -0.25) is 9.59 Å². The van der Waals surface area contributed by atoms with Crippen molar-refractivity contribution in [2.24, 2.45) is 17.8 Å². The van der Waals surface area contributed by atoms with Crippen LogP contribution in [0.25, 0.3) is 0 Å². The fourth-order valence-electron chi connectivity index (χ4n) is 3.10. The minimum atomic E-state index is -0.988. The van der Waals surface area contributed by atoms with Crippen molar-refractivity contribution in [3.05, 3.63) is 0 Å². The molecule has 96 valence electrons. The Labute approximate surface area is 102 Å². The average Bonchev–Trinajstić information content (AvgIpc) is 2.13. The van der Waals surface area contributed by atoms with Crippen molar-refractivity contribution >= 4 is 11.9 Å². The molecule has 17 heavy (non-hydrogen) atoms. The van der Waals surface area contributed by atoms with Crippen molar-refractivity contribution < 1.29 is 19.1 Å². The van der Waals surface area contributed by atoms with Crippen LogP contribution in [0.4, 0.5) is 0 Å². The Morgan fingerprint density at radius 2 is 1.76 bits per heavy atom. The first-order valence-electron chi connectivity index (χ1n) is 6.36. The minimum Gasteiger partial charge on any atom is -0.422 e. The quantitative estimate of drug-likeness (QED) is 0.521. The van der Waals surface area contributed by atoms with Crippen molar-refractivity contribution in [1.29, 1.82) is 0 Å². The number of ether oxygens (including phenoxy) is 2. The van der Waals surface area contributed by atoms with Gasteiger partial charge < -0.3 is 9.47 Å². The maximum absolute atomic E-state index is 11.5. The molecule has 1 saturated carbocycles. The fraction of sp³-hybridized carbons (Fsp3) is 0.846. The molecule has 2 fully saturated rings. The van der Waals surface area contributed by atoms with Gasteiger partial charge in [-0.1, -0.05) is 20.8 Å². The molecule has 2 unspecified atom stereocenters. The number of rotatable bonds is 1. The van der Waals surface area contributed by atoms with Crippen LogP contribution < -0.4 is 0 Å². The van der Waals surface area contributed by atoms with Crippen LogP contribution in [0.5, 0.6) is 0 Å². The lowest BCUT2D eigenvalue weighted by Crippen LogP contribution is -2.55. The second-order valence-corrected chi connectivity index (χ2v) is 5.67. The second-order valence-electron chi connectivity index (χ2n) is 5.67. The van der Waals surface area contributed by atoms with Crippen LogP contribution in [0.2, 0.25) is 0 Å². The summed E-state index contributed by atoms with van der Waals surface area (Å²) in [4.78, 5) is 23.0. The first-order chi connectivity index (χ1) is 7.93. The normalized spacial score (nSPS) is 32.5. The zero-order valence-corrected chi connectivity index (χ0v) is 10.7. The van der Waals surface area contributed by atoms with Gasteiger partial charge in [-0.25, -0.2) is 0 Å². The Hall–Kier alpha value is -1.06. The maximum Gasteiger partial charge on any atom is 0.320 e. The lowest BCUT2D eigenvalue weighted by atomic mass is 9.72. The van der Waals surface area contributed by atoms with Gasteiger partial charge in [0.25, 0.3) is 5.79 Å². The van der Waals surface area contributed by atoms with E-state index in [1.165, 1.54) is 0 Å². The maximum atomic E-state index is 11.5. The Morgan fingerprint density at radius 1 is 1.18 bits per heavy atom. The van der Waals surface area contributed by atoms with Gasteiger partial charge in [-0.2, -0.15) is 0 Å². The predicted octanol–water partition coefficient (Wildman–Crippen LogP) is 2.27.